The molecule has 8 heteroatoms. The molecule has 0 aliphatic carbocycles. The van der Waals surface area contributed by atoms with Crippen LogP contribution in [0.25, 0.3) is 11.0 Å². The van der Waals surface area contributed by atoms with E-state index in [1.54, 1.807) is 0 Å². The Bertz CT molecular complexity index is 1550. The van der Waals surface area contributed by atoms with E-state index < -0.39 is 6.29 Å². The van der Waals surface area contributed by atoms with Crippen LogP contribution in [0.15, 0.2) is 95.5 Å². The van der Waals surface area contributed by atoms with Crippen LogP contribution in [0.2, 0.25) is 0 Å². The minimum Gasteiger partial charge on any atom is -0.459 e. The number of aromatic nitrogens is 2. The molecule has 2 N–H and O–H groups in total. The van der Waals surface area contributed by atoms with Crippen molar-refractivity contribution < 1.29 is 19.4 Å². The maximum atomic E-state index is 13.7. The summed E-state index contributed by atoms with van der Waals surface area (Å²) < 4.78 is 14.1. The second kappa shape index (κ2) is 11.5. The third-order valence-electron chi connectivity index (χ3n) is 7.88. The molecule has 1 fully saturated rings. The maximum absolute atomic E-state index is 13.7. The lowest BCUT2D eigenvalue weighted by atomic mass is 9.92. The van der Waals surface area contributed by atoms with Crippen molar-refractivity contribution in [1.82, 2.24) is 14.5 Å². The largest absolute Gasteiger partial charge is 0.459 e. The lowest BCUT2D eigenvalue weighted by Crippen LogP contribution is -2.42. The molecule has 3 aromatic carbocycles. The first kappa shape index (κ1) is 26.1. The molecule has 4 aromatic rings. The maximum Gasteiger partial charge on any atom is 0.326 e. The van der Waals surface area contributed by atoms with Crippen LogP contribution in [0.3, 0.4) is 0 Å². The number of ether oxygens (including phenoxy) is 2. The number of aliphatic hydroxyl groups is 1. The fourth-order valence-electron chi connectivity index (χ4n) is 5.69. The van der Waals surface area contributed by atoms with Crippen molar-refractivity contribution in [2.24, 2.45) is 0 Å². The number of nitrogens with zero attached hydrogens (tertiary/aromatic N) is 2. The Labute approximate surface area is 232 Å². The number of amides is 1. The molecule has 206 valence electrons. The van der Waals surface area contributed by atoms with Gasteiger partial charge in [0.15, 0.2) is 5.76 Å². The van der Waals surface area contributed by atoms with Gasteiger partial charge < -0.3 is 24.5 Å². The Balaban J connectivity index is 1.16. The molecule has 0 unspecified atom stereocenters. The zero-order chi connectivity index (χ0) is 27.5. The quantitative estimate of drug-likeness (QED) is 0.357. The molecule has 0 saturated carbocycles. The predicted molar refractivity (Wildman–Crippen MR) is 151 cm³/mol. The number of aromatic amines is 1. The summed E-state index contributed by atoms with van der Waals surface area (Å²) in [5.74, 6) is 0.146. The number of nitrogens with one attached hydrogen (secondary N) is 1. The fourth-order valence-corrected chi connectivity index (χ4v) is 5.69. The van der Waals surface area contributed by atoms with Gasteiger partial charge in [0, 0.05) is 31.5 Å². The highest BCUT2D eigenvalue weighted by Crippen LogP contribution is 2.33. The van der Waals surface area contributed by atoms with Gasteiger partial charge in [0.05, 0.1) is 24.2 Å². The van der Waals surface area contributed by atoms with Gasteiger partial charge in [-0.2, -0.15) is 0 Å². The molecule has 1 aromatic heterocycles. The topological polar surface area (TPSA) is 96.8 Å². The lowest BCUT2D eigenvalue weighted by molar-refractivity contribution is -0.156. The number of aliphatic hydroxyl groups excluding tert-OH is 1. The van der Waals surface area contributed by atoms with Crippen molar-refractivity contribution in [3.63, 3.8) is 0 Å². The predicted octanol–water partition coefficient (Wildman–Crippen LogP) is 4.62. The summed E-state index contributed by atoms with van der Waals surface area (Å²) in [6.07, 6.45) is 3.32. The third kappa shape index (κ3) is 5.46. The Morgan fingerprint density at radius 1 is 0.950 bits per heavy atom. The van der Waals surface area contributed by atoms with E-state index in [-0.39, 0.29) is 30.2 Å². The minimum atomic E-state index is -0.575. The average Bonchev–Trinajstić information content (AvgIpc) is 3.36. The molecule has 40 heavy (non-hydrogen) atoms. The molecule has 1 saturated heterocycles. The van der Waals surface area contributed by atoms with Crippen LogP contribution < -0.4 is 5.69 Å². The summed E-state index contributed by atoms with van der Waals surface area (Å²) in [6.45, 7) is 1.41. The highest BCUT2D eigenvalue weighted by Gasteiger charge is 2.33. The zero-order valence-electron chi connectivity index (χ0n) is 22.2. The van der Waals surface area contributed by atoms with E-state index in [2.05, 4.69) is 17.1 Å². The van der Waals surface area contributed by atoms with Crippen molar-refractivity contribution in [3.05, 3.63) is 118 Å². The number of benzene rings is 3. The van der Waals surface area contributed by atoms with Crippen molar-refractivity contribution in [3.8, 4) is 0 Å². The van der Waals surface area contributed by atoms with Crippen LogP contribution in [0.4, 0.5) is 0 Å². The number of imidazole rings is 1. The number of carbonyl (C=O) groups is 1. The zero-order valence-corrected chi connectivity index (χ0v) is 22.2. The second-order valence-electron chi connectivity index (χ2n) is 10.5. The second-order valence-corrected chi connectivity index (χ2v) is 10.5. The number of fused-ring (bicyclic) bond motifs is 1. The van der Waals surface area contributed by atoms with E-state index in [4.69, 9.17) is 9.47 Å². The highest BCUT2D eigenvalue weighted by atomic mass is 16.7. The molecule has 0 spiro atoms. The monoisotopic (exact) mass is 539 g/mol. The summed E-state index contributed by atoms with van der Waals surface area (Å²) in [7, 11) is 0. The fraction of sp³-hybridized carbons (Fsp3) is 0.312. The summed E-state index contributed by atoms with van der Waals surface area (Å²) in [5, 5.41) is 9.30. The van der Waals surface area contributed by atoms with Crippen LogP contribution in [0, 0.1) is 0 Å². The number of carbonyl (C=O) groups excluding carboxylic acids is 1. The molecular weight excluding hydrogens is 506 g/mol. The Hall–Kier alpha value is -4.14. The smallest absolute Gasteiger partial charge is 0.326 e. The summed E-state index contributed by atoms with van der Waals surface area (Å²) in [5.41, 5.74) is 4.53. The van der Waals surface area contributed by atoms with Gasteiger partial charge in [-0.25, -0.2) is 4.79 Å². The number of para-hydroxylation sites is 2. The number of allylic oxidation sites excluding steroid dienone is 1. The summed E-state index contributed by atoms with van der Waals surface area (Å²) >= 11 is 0. The molecule has 0 radical (unpaired) electrons. The minimum absolute atomic E-state index is 0.00232. The molecule has 2 aliphatic rings. The van der Waals surface area contributed by atoms with Crippen LogP contribution in [-0.2, 0) is 27.5 Å². The van der Waals surface area contributed by atoms with E-state index in [1.165, 1.54) is 0 Å². The van der Waals surface area contributed by atoms with Gasteiger partial charge in [-0.05, 0) is 47.7 Å². The first-order chi connectivity index (χ1) is 19.6. The molecule has 6 rings (SSSR count). The van der Waals surface area contributed by atoms with E-state index in [0.717, 1.165) is 27.7 Å². The van der Waals surface area contributed by atoms with Gasteiger partial charge in [0.2, 0.25) is 6.29 Å². The average molecular weight is 540 g/mol. The number of hydrogen-bond acceptors (Lipinski definition) is 5. The van der Waals surface area contributed by atoms with Crippen LogP contribution >= 0.6 is 0 Å². The molecule has 3 heterocycles. The van der Waals surface area contributed by atoms with Gasteiger partial charge >= 0.3 is 5.69 Å². The van der Waals surface area contributed by atoms with Gasteiger partial charge in [0.25, 0.3) is 5.91 Å². The number of H-pyrrole nitrogens is 1. The number of rotatable bonds is 7. The van der Waals surface area contributed by atoms with Crippen molar-refractivity contribution in [2.45, 2.75) is 50.7 Å². The van der Waals surface area contributed by atoms with Gasteiger partial charge in [-0.3, -0.25) is 9.36 Å². The third-order valence-corrected chi connectivity index (χ3v) is 7.88. The lowest BCUT2D eigenvalue weighted by Gasteiger charge is -2.35. The summed E-state index contributed by atoms with van der Waals surface area (Å²) in [4.78, 5) is 31.1. The number of likely N-dealkylation sites (tertiary alicyclic amines) is 1. The van der Waals surface area contributed by atoms with E-state index >= 15 is 0 Å². The number of hydrogen-bond donors (Lipinski definition) is 2. The Morgan fingerprint density at radius 3 is 2.40 bits per heavy atom. The number of piperidine rings is 1. The van der Waals surface area contributed by atoms with Crippen molar-refractivity contribution in [1.29, 1.82) is 0 Å². The Kier molecular flexibility index (Phi) is 7.53. The van der Waals surface area contributed by atoms with Gasteiger partial charge in [0.1, 0.15) is 0 Å². The SMILES string of the molecule is O=C(C1=C[C@@H](c2ccccc2)C[C@@H](OCc2ccc(CO)cc2)O1)N1CCC(n2c(=O)[nH]c3ccccc32)CC1. The van der Waals surface area contributed by atoms with E-state index in [9.17, 15) is 14.7 Å². The molecule has 0 bridgehead atoms. The highest BCUT2D eigenvalue weighted by molar-refractivity contribution is 5.92. The van der Waals surface area contributed by atoms with Crippen molar-refractivity contribution >= 4 is 16.9 Å². The first-order valence-corrected chi connectivity index (χ1v) is 13.8. The van der Waals surface area contributed by atoms with Crippen molar-refractivity contribution in [2.75, 3.05) is 13.1 Å². The summed E-state index contributed by atoms with van der Waals surface area (Å²) in [6, 6.07) is 25.4. The van der Waals surface area contributed by atoms with Crippen LogP contribution in [-0.4, -0.2) is 44.8 Å². The first-order valence-electron chi connectivity index (χ1n) is 13.8. The van der Waals surface area contributed by atoms with E-state index in [1.807, 2.05) is 82.3 Å². The molecular formula is C32H33N3O5. The molecule has 1 amide bonds. The molecule has 2 aliphatic heterocycles. The van der Waals surface area contributed by atoms with Crippen LogP contribution in [0.1, 0.15) is 47.9 Å². The van der Waals surface area contributed by atoms with Gasteiger partial charge in [-0.1, -0.05) is 66.7 Å². The normalized spacial score (nSPS) is 19.8. The van der Waals surface area contributed by atoms with E-state index in [0.29, 0.717) is 44.7 Å². The Morgan fingerprint density at radius 2 is 1.65 bits per heavy atom. The molecule has 8 nitrogen and oxygen atoms in total. The van der Waals surface area contributed by atoms with Gasteiger partial charge in [-0.15, -0.1) is 0 Å². The standard InChI is InChI=1S/C32H33N3O5/c36-20-22-10-12-23(13-11-22)21-39-30-19-25(24-6-2-1-3-7-24)18-29(40-30)31(37)34-16-14-26(15-17-34)35-28-9-5-4-8-27(28)33-32(35)38/h1-13,18,25-26,30,36H,14-17,19-21H2,(H,33,38)/t25-,30+/m1/s1. The van der Waals surface area contributed by atoms with Crippen LogP contribution in [0.5, 0.6) is 0 Å². The molecule has 2 atom stereocenters.